The highest BCUT2D eigenvalue weighted by Gasteiger charge is 2.02. The third kappa shape index (κ3) is 2.66. The van der Waals surface area contributed by atoms with E-state index in [1.165, 1.54) is 0 Å². The fourth-order valence-electron chi connectivity index (χ4n) is 1.08. The molecule has 0 aromatic carbocycles. The van der Waals surface area contributed by atoms with Crippen LogP contribution in [0.1, 0.15) is 5.69 Å². The van der Waals surface area contributed by atoms with E-state index in [9.17, 15) is 0 Å². The smallest absolute Gasteiger partial charge is 0.140 e. The molecular formula is C9H9BrN4S. The Morgan fingerprint density at radius 2 is 2.33 bits per heavy atom. The van der Waals surface area contributed by atoms with Crippen LogP contribution in [0.2, 0.25) is 0 Å². The van der Waals surface area contributed by atoms with Crippen molar-refractivity contribution in [2.45, 2.75) is 6.54 Å². The SMILES string of the molecule is Nc1cnc(NCc2cscn2)c(Br)c1. The van der Waals surface area contributed by atoms with Crippen LogP contribution in [0.25, 0.3) is 0 Å². The quantitative estimate of drug-likeness (QED) is 0.909. The van der Waals surface area contributed by atoms with Crippen LogP contribution in [0.3, 0.4) is 0 Å². The zero-order chi connectivity index (χ0) is 10.7. The summed E-state index contributed by atoms with van der Waals surface area (Å²) in [4.78, 5) is 8.34. The molecule has 0 aliphatic rings. The molecule has 0 bridgehead atoms. The van der Waals surface area contributed by atoms with E-state index < -0.39 is 0 Å². The average Bonchev–Trinajstić information content (AvgIpc) is 2.69. The highest BCUT2D eigenvalue weighted by atomic mass is 79.9. The van der Waals surface area contributed by atoms with Crippen LogP contribution in [0.15, 0.2) is 27.6 Å². The summed E-state index contributed by atoms with van der Waals surface area (Å²) in [5.74, 6) is 0.775. The highest BCUT2D eigenvalue weighted by molar-refractivity contribution is 9.10. The average molecular weight is 285 g/mol. The number of hydrogen-bond acceptors (Lipinski definition) is 5. The Balaban J connectivity index is 2.05. The molecule has 0 fully saturated rings. The molecule has 0 spiro atoms. The van der Waals surface area contributed by atoms with Crippen LogP contribution in [0, 0.1) is 0 Å². The number of nitrogens with two attached hydrogens (primary N) is 1. The lowest BCUT2D eigenvalue weighted by Crippen LogP contribution is -2.02. The summed E-state index contributed by atoms with van der Waals surface area (Å²) >= 11 is 4.97. The first-order valence-corrected chi connectivity index (χ1v) is 6.01. The van der Waals surface area contributed by atoms with E-state index in [-0.39, 0.29) is 0 Å². The number of nitrogens with zero attached hydrogens (tertiary/aromatic N) is 2. The predicted molar refractivity (Wildman–Crippen MR) is 65.8 cm³/mol. The van der Waals surface area contributed by atoms with Gasteiger partial charge in [-0.05, 0) is 22.0 Å². The summed E-state index contributed by atoms with van der Waals surface area (Å²) in [5.41, 5.74) is 9.04. The van der Waals surface area contributed by atoms with E-state index in [0.29, 0.717) is 12.2 Å². The summed E-state index contributed by atoms with van der Waals surface area (Å²) < 4.78 is 0.859. The number of rotatable bonds is 3. The topological polar surface area (TPSA) is 63.8 Å². The number of nitrogens with one attached hydrogen (secondary N) is 1. The van der Waals surface area contributed by atoms with E-state index in [1.807, 2.05) is 17.0 Å². The molecule has 78 valence electrons. The molecule has 0 saturated carbocycles. The molecule has 6 heteroatoms. The second-order valence-corrected chi connectivity index (χ2v) is 4.51. The van der Waals surface area contributed by atoms with Crippen LogP contribution in [-0.2, 0) is 6.54 Å². The Morgan fingerprint density at radius 1 is 1.47 bits per heavy atom. The molecule has 2 rings (SSSR count). The number of halogens is 1. The molecule has 0 saturated heterocycles. The van der Waals surface area contributed by atoms with Crippen LogP contribution in [-0.4, -0.2) is 9.97 Å². The van der Waals surface area contributed by atoms with Crippen molar-refractivity contribution in [2.24, 2.45) is 0 Å². The number of thiazole rings is 1. The Kier molecular flexibility index (Phi) is 3.17. The fraction of sp³-hybridized carbons (Fsp3) is 0.111. The van der Waals surface area contributed by atoms with Crippen LogP contribution >= 0.6 is 27.3 Å². The number of nitrogen functional groups attached to an aromatic ring is 1. The number of aromatic nitrogens is 2. The van der Waals surface area contributed by atoms with Gasteiger partial charge in [0, 0.05) is 5.38 Å². The molecule has 0 unspecified atom stereocenters. The van der Waals surface area contributed by atoms with Gasteiger partial charge >= 0.3 is 0 Å². The molecule has 2 aromatic heterocycles. The van der Waals surface area contributed by atoms with Crippen molar-refractivity contribution in [3.63, 3.8) is 0 Å². The van der Waals surface area contributed by atoms with E-state index in [1.54, 1.807) is 17.5 Å². The van der Waals surface area contributed by atoms with Gasteiger partial charge in [0.1, 0.15) is 5.82 Å². The van der Waals surface area contributed by atoms with E-state index in [0.717, 1.165) is 16.0 Å². The zero-order valence-electron chi connectivity index (χ0n) is 7.77. The maximum absolute atomic E-state index is 5.59. The van der Waals surface area contributed by atoms with Gasteiger partial charge in [-0.1, -0.05) is 0 Å². The molecule has 0 atom stereocenters. The predicted octanol–water partition coefficient (Wildman–Crippen LogP) is 2.49. The molecule has 0 radical (unpaired) electrons. The maximum atomic E-state index is 5.59. The van der Waals surface area contributed by atoms with Crippen molar-refractivity contribution in [1.29, 1.82) is 0 Å². The van der Waals surface area contributed by atoms with Crippen molar-refractivity contribution in [2.75, 3.05) is 11.1 Å². The van der Waals surface area contributed by atoms with Gasteiger partial charge in [0.25, 0.3) is 0 Å². The maximum Gasteiger partial charge on any atom is 0.140 e. The minimum atomic E-state index is 0.640. The largest absolute Gasteiger partial charge is 0.397 e. The van der Waals surface area contributed by atoms with Crippen molar-refractivity contribution in [3.8, 4) is 0 Å². The Hall–Kier alpha value is -1.14. The highest BCUT2D eigenvalue weighted by Crippen LogP contribution is 2.22. The summed E-state index contributed by atoms with van der Waals surface area (Å²) in [6.45, 7) is 0.666. The van der Waals surface area contributed by atoms with Gasteiger partial charge in [0.2, 0.25) is 0 Å². The summed E-state index contributed by atoms with van der Waals surface area (Å²) in [5, 5.41) is 5.17. The number of hydrogen-bond donors (Lipinski definition) is 2. The van der Waals surface area contributed by atoms with Gasteiger partial charge in [-0.25, -0.2) is 9.97 Å². The fourth-order valence-corrected chi connectivity index (χ4v) is 2.15. The van der Waals surface area contributed by atoms with Crippen molar-refractivity contribution >= 4 is 38.8 Å². The normalized spacial score (nSPS) is 10.2. The zero-order valence-corrected chi connectivity index (χ0v) is 10.2. The second-order valence-electron chi connectivity index (χ2n) is 2.93. The minimum Gasteiger partial charge on any atom is -0.397 e. The molecule has 0 aliphatic carbocycles. The minimum absolute atomic E-state index is 0.640. The molecule has 2 aromatic rings. The molecule has 0 amide bonds. The molecule has 0 aliphatic heterocycles. The van der Waals surface area contributed by atoms with Crippen LogP contribution in [0.4, 0.5) is 11.5 Å². The lowest BCUT2D eigenvalue weighted by atomic mass is 10.4. The van der Waals surface area contributed by atoms with E-state index >= 15 is 0 Å². The summed E-state index contributed by atoms with van der Waals surface area (Å²) in [6.07, 6.45) is 1.62. The van der Waals surface area contributed by atoms with Crippen molar-refractivity contribution in [1.82, 2.24) is 9.97 Å². The van der Waals surface area contributed by atoms with Gasteiger partial charge in [-0.15, -0.1) is 11.3 Å². The Bertz CT molecular complexity index is 443. The Morgan fingerprint density at radius 3 is 3.00 bits per heavy atom. The first-order chi connectivity index (χ1) is 7.25. The van der Waals surface area contributed by atoms with Gasteiger partial charge in [0.05, 0.1) is 34.1 Å². The molecular weight excluding hydrogens is 276 g/mol. The standard InChI is InChI=1S/C9H9BrN4S/c10-8-1-6(11)2-12-9(8)13-3-7-4-15-5-14-7/h1-2,4-5H,3,11H2,(H,12,13). The van der Waals surface area contributed by atoms with Gasteiger partial charge in [0.15, 0.2) is 0 Å². The van der Waals surface area contributed by atoms with Crippen molar-refractivity contribution in [3.05, 3.63) is 33.3 Å². The first-order valence-electron chi connectivity index (χ1n) is 4.27. The number of pyridine rings is 1. The lowest BCUT2D eigenvalue weighted by Gasteiger charge is -2.06. The number of anilines is 2. The molecule has 4 nitrogen and oxygen atoms in total. The van der Waals surface area contributed by atoms with E-state index in [4.69, 9.17) is 5.73 Å². The third-order valence-corrected chi connectivity index (χ3v) is 3.02. The van der Waals surface area contributed by atoms with E-state index in [2.05, 4.69) is 31.2 Å². The Labute approximate surface area is 99.7 Å². The molecule has 15 heavy (non-hydrogen) atoms. The monoisotopic (exact) mass is 284 g/mol. The van der Waals surface area contributed by atoms with Crippen LogP contribution < -0.4 is 11.1 Å². The summed E-state index contributed by atoms with van der Waals surface area (Å²) in [7, 11) is 0. The second kappa shape index (κ2) is 4.59. The molecule has 3 N–H and O–H groups in total. The van der Waals surface area contributed by atoms with Gasteiger partial charge in [-0.2, -0.15) is 0 Å². The van der Waals surface area contributed by atoms with Gasteiger partial charge < -0.3 is 11.1 Å². The van der Waals surface area contributed by atoms with Crippen LogP contribution in [0.5, 0.6) is 0 Å². The van der Waals surface area contributed by atoms with Gasteiger partial charge in [-0.3, -0.25) is 0 Å². The molecule has 2 heterocycles. The lowest BCUT2D eigenvalue weighted by molar-refractivity contribution is 1.05. The first kappa shape index (κ1) is 10.4. The van der Waals surface area contributed by atoms with Crippen molar-refractivity contribution < 1.29 is 0 Å². The third-order valence-electron chi connectivity index (χ3n) is 1.78. The summed E-state index contributed by atoms with van der Waals surface area (Å²) in [6, 6.07) is 1.82.